The molecule has 1 N–H and O–H groups in total. The normalized spacial score (nSPS) is 21.7. The predicted molar refractivity (Wildman–Crippen MR) is 101 cm³/mol. The van der Waals surface area contributed by atoms with Crippen molar-refractivity contribution in [1.82, 2.24) is 14.7 Å². The molecule has 2 atom stereocenters. The fraction of sp³-hybridized carbons (Fsp3) is 0.600. The Morgan fingerprint density at radius 3 is 2.78 bits per heavy atom. The number of likely N-dealkylation sites (N-methyl/N-ethyl adjacent to an activating group) is 1. The van der Waals surface area contributed by atoms with Crippen LogP contribution >= 0.6 is 0 Å². The summed E-state index contributed by atoms with van der Waals surface area (Å²) < 4.78 is 5.74. The zero-order valence-electron chi connectivity index (χ0n) is 16.1. The van der Waals surface area contributed by atoms with Gasteiger partial charge in [-0.05, 0) is 31.5 Å². The number of morpholine rings is 1. The number of aliphatic carboxylic acids is 1. The number of amides is 1. The Bertz CT molecular complexity index is 681. The minimum atomic E-state index is -0.861. The Kier molecular flexibility index (Phi) is 6.46. The van der Waals surface area contributed by atoms with E-state index in [0.717, 1.165) is 19.5 Å². The molecule has 3 rings (SSSR count). The first-order valence-corrected chi connectivity index (χ1v) is 9.55. The van der Waals surface area contributed by atoms with Gasteiger partial charge in [-0.25, -0.2) is 0 Å². The molecule has 1 amide bonds. The average molecular weight is 375 g/mol. The fourth-order valence-electron chi connectivity index (χ4n) is 3.94. The molecule has 148 valence electrons. The molecular formula is C20H29N3O4. The smallest absolute Gasteiger partial charge is 0.317 e. The van der Waals surface area contributed by atoms with E-state index in [1.165, 1.54) is 11.1 Å². The second-order valence-corrected chi connectivity index (χ2v) is 7.53. The molecule has 1 fully saturated rings. The van der Waals surface area contributed by atoms with Crippen molar-refractivity contribution in [3.63, 3.8) is 0 Å². The molecule has 27 heavy (non-hydrogen) atoms. The van der Waals surface area contributed by atoms with Gasteiger partial charge < -0.3 is 14.7 Å². The Morgan fingerprint density at radius 1 is 1.30 bits per heavy atom. The van der Waals surface area contributed by atoms with Crippen LogP contribution in [0.5, 0.6) is 0 Å². The van der Waals surface area contributed by atoms with E-state index in [4.69, 9.17) is 9.84 Å². The third kappa shape index (κ3) is 5.06. The number of nitrogens with zero attached hydrogens (tertiary/aromatic N) is 3. The highest BCUT2D eigenvalue weighted by Crippen LogP contribution is 2.21. The number of rotatable bonds is 6. The van der Waals surface area contributed by atoms with Gasteiger partial charge in [-0.15, -0.1) is 0 Å². The maximum atomic E-state index is 13.0. The molecule has 2 aliphatic heterocycles. The van der Waals surface area contributed by atoms with Gasteiger partial charge in [0.25, 0.3) is 0 Å². The van der Waals surface area contributed by atoms with Crippen molar-refractivity contribution in [2.75, 3.05) is 46.4 Å². The highest BCUT2D eigenvalue weighted by Gasteiger charge is 2.32. The standard InChI is InChI=1S/C20H29N3O4/c1-15(22-8-7-16-5-3-4-6-17(16)11-22)20(26)23-9-10-27-18(13-23)12-21(2)14-19(24)25/h3-6,15,18H,7-14H2,1-2H3,(H,24,25). The van der Waals surface area contributed by atoms with Gasteiger partial charge in [0.15, 0.2) is 0 Å². The van der Waals surface area contributed by atoms with Crippen molar-refractivity contribution < 1.29 is 19.4 Å². The second-order valence-electron chi connectivity index (χ2n) is 7.53. The lowest BCUT2D eigenvalue weighted by Crippen LogP contribution is -2.55. The van der Waals surface area contributed by atoms with Gasteiger partial charge in [-0.2, -0.15) is 0 Å². The van der Waals surface area contributed by atoms with E-state index in [2.05, 4.69) is 29.2 Å². The number of carbonyl (C=O) groups excluding carboxylic acids is 1. The molecule has 7 nitrogen and oxygen atoms in total. The molecule has 2 unspecified atom stereocenters. The summed E-state index contributed by atoms with van der Waals surface area (Å²) in [7, 11) is 1.76. The monoisotopic (exact) mass is 375 g/mol. The first kappa shape index (κ1) is 19.8. The highest BCUT2D eigenvalue weighted by atomic mass is 16.5. The molecule has 0 radical (unpaired) electrons. The molecule has 0 saturated carbocycles. The first-order chi connectivity index (χ1) is 12.9. The highest BCUT2D eigenvalue weighted by molar-refractivity contribution is 5.81. The lowest BCUT2D eigenvalue weighted by Gasteiger charge is -2.39. The quantitative estimate of drug-likeness (QED) is 0.788. The third-order valence-electron chi connectivity index (χ3n) is 5.44. The maximum absolute atomic E-state index is 13.0. The molecule has 0 aromatic heterocycles. The fourth-order valence-corrected chi connectivity index (χ4v) is 3.94. The Labute approximate surface area is 160 Å². The number of hydrogen-bond acceptors (Lipinski definition) is 5. The second kappa shape index (κ2) is 8.82. The van der Waals surface area contributed by atoms with Gasteiger partial charge in [0.05, 0.1) is 25.3 Å². The van der Waals surface area contributed by atoms with Crippen molar-refractivity contribution in [2.45, 2.75) is 32.0 Å². The molecule has 7 heteroatoms. The minimum absolute atomic E-state index is 0.0304. The Morgan fingerprint density at radius 2 is 2.04 bits per heavy atom. The predicted octanol–water partition coefficient (Wildman–Crippen LogP) is 0.677. The molecular weight excluding hydrogens is 346 g/mol. The molecule has 2 heterocycles. The first-order valence-electron chi connectivity index (χ1n) is 9.55. The van der Waals surface area contributed by atoms with Crippen molar-refractivity contribution >= 4 is 11.9 Å². The molecule has 0 spiro atoms. The number of carbonyl (C=O) groups is 2. The number of benzene rings is 1. The summed E-state index contributed by atoms with van der Waals surface area (Å²) in [6.45, 7) is 5.74. The van der Waals surface area contributed by atoms with Crippen LogP contribution in [0.15, 0.2) is 24.3 Å². The third-order valence-corrected chi connectivity index (χ3v) is 5.44. The van der Waals surface area contributed by atoms with Crippen molar-refractivity contribution in [1.29, 1.82) is 0 Å². The Balaban J connectivity index is 1.56. The van der Waals surface area contributed by atoms with E-state index in [1.54, 1.807) is 11.9 Å². The summed E-state index contributed by atoms with van der Waals surface area (Å²) in [4.78, 5) is 29.7. The molecule has 0 aliphatic carbocycles. The van der Waals surface area contributed by atoms with Crippen LogP contribution in [0.25, 0.3) is 0 Å². The average Bonchev–Trinajstić information content (AvgIpc) is 2.66. The van der Waals surface area contributed by atoms with Crippen LogP contribution in [-0.4, -0.2) is 90.2 Å². The van der Waals surface area contributed by atoms with Gasteiger partial charge in [-0.3, -0.25) is 19.4 Å². The lowest BCUT2D eigenvalue weighted by molar-refractivity contribution is -0.146. The summed E-state index contributed by atoms with van der Waals surface area (Å²) in [5.41, 5.74) is 2.68. The molecule has 2 aliphatic rings. The van der Waals surface area contributed by atoms with E-state index in [-0.39, 0.29) is 24.6 Å². The summed E-state index contributed by atoms with van der Waals surface area (Å²) in [5, 5.41) is 8.89. The van der Waals surface area contributed by atoms with E-state index in [0.29, 0.717) is 26.2 Å². The summed E-state index contributed by atoms with van der Waals surface area (Å²) in [6, 6.07) is 8.25. The van der Waals surface area contributed by atoms with Crippen LogP contribution in [-0.2, 0) is 27.3 Å². The maximum Gasteiger partial charge on any atom is 0.317 e. The summed E-state index contributed by atoms with van der Waals surface area (Å²) in [6.07, 6.45) is 0.820. The molecule has 1 aromatic rings. The number of ether oxygens (including phenoxy) is 1. The van der Waals surface area contributed by atoms with Crippen molar-refractivity contribution in [3.8, 4) is 0 Å². The van der Waals surface area contributed by atoms with Crippen LogP contribution < -0.4 is 0 Å². The zero-order chi connectivity index (χ0) is 19.4. The molecule has 1 saturated heterocycles. The SMILES string of the molecule is CC(C(=O)N1CCOC(CN(C)CC(=O)O)C1)N1CCc2ccccc2C1. The topological polar surface area (TPSA) is 73.3 Å². The molecule has 0 bridgehead atoms. The van der Waals surface area contributed by atoms with Crippen molar-refractivity contribution in [3.05, 3.63) is 35.4 Å². The van der Waals surface area contributed by atoms with E-state index in [9.17, 15) is 9.59 Å². The van der Waals surface area contributed by atoms with Crippen LogP contribution in [0.1, 0.15) is 18.1 Å². The number of fused-ring (bicyclic) bond motifs is 1. The molecule has 1 aromatic carbocycles. The van der Waals surface area contributed by atoms with Gasteiger partial charge in [-0.1, -0.05) is 24.3 Å². The van der Waals surface area contributed by atoms with Crippen LogP contribution in [0, 0.1) is 0 Å². The zero-order valence-corrected chi connectivity index (χ0v) is 16.1. The van der Waals surface area contributed by atoms with Gasteiger partial charge in [0.1, 0.15) is 0 Å². The van der Waals surface area contributed by atoms with Crippen molar-refractivity contribution in [2.24, 2.45) is 0 Å². The number of carboxylic acid groups (broad SMARTS) is 1. The van der Waals surface area contributed by atoms with Crippen LogP contribution in [0.3, 0.4) is 0 Å². The van der Waals surface area contributed by atoms with Gasteiger partial charge >= 0.3 is 5.97 Å². The van der Waals surface area contributed by atoms with Crippen LogP contribution in [0.4, 0.5) is 0 Å². The lowest BCUT2D eigenvalue weighted by atomic mass is 9.98. The number of carboxylic acids is 1. The van der Waals surface area contributed by atoms with E-state index in [1.807, 2.05) is 11.8 Å². The van der Waals surface area contributed by atoms with Gasteiger partial charge in [0, 0.05) is 32.7 Å². The van der Waals surface area contributed by atoms with E-state index >= 15 is 0 Å². The minimum Gasteiger partial charge on any atom is -0.480 e. The summed E-state index contributed by atoms with van der Waals surface area (Å²) >= 11 is 0. The largest absolute Gasteiger partial charge is 0.480 e. The summed E-state index contributed by atoms with van der Waals surface area (Å²) in [5.74, 6) is -0.733. The number of hydrogen-bond donors (Lipinski definition) is 1. The van der Waals surface area contributed by atoms with Crippen LogP contribution in [0.2, 0.25) is 0 Å². The van der Waals surface area contributed by atoms with E-state index < -0.39 is 5.97 Å². The van der Waals surface area contributed by atoms with Gasteiger partial charge in [0.2, 0.25) is 5.91 Å². The Hall–Kier alpha value is -1.96.